The van der Waals surface area contributed by atoms with Crippen LogP contribution in [0, 0.1) is 0 Å². The molecule has 11 heavy (non-hydrogen) atoms. The molecule has 0 spiro atoms. The van der Waals surface area contributed by atoms with E-state index in [-0.39, 0.29) is 12.6 Å². The highest BCUT2D eigenvalue weighted by Crippen LogP contribution is 1.76. The second-order valence-electron chi connectivity index (χ2n) is 2.14. The SMILES string of the molecule is CCNC(=O)CCNCCF. The minimum atomic E-state index is -0.380. The Bertz CT molecular complexity index is 109. The van der Waals surface area contributed by atoms with Crippen molar-refractivity contribution in [2.24, 2.45) is 0 Å². The van der Waals surface area contributed by atoms with Gasteiger partial charge >= 0.3 is 0 Å². The van der Waals surface area contributed by atoms with Gasteiger partial charge in [0.15, 0.2) is 0 Å². The van der Waals surface area contributed by atoms with Crippen LogP contribution in [0.3, 0.4) is 0 Å². The first kappa shape index (κ1) is 10.4. The van der Waals surface area contributed by atoms with Gasteiger partial charge in [0.1, 0.15) is 6.67 Å². The van der Waals surface area contributed by atoms with E-state index in [0.29, 0.717) is 26.1 Å². The van der Waals surface area contributed by atoms with Gasteiger partial charge in [-0.25, -0.2) is 4.39 Å². The molecule has 0 aliphatic rings. The maximum absolute atomic E-state index is 11.5. The Labute approximate surface area is 66.4 Å². The summed E-state index contributed by atoms with van der Waals surface area (Å²) in [4.78, 5) is 10.8. The fraction of sp³-hybridized carbons (Fsp3) is 0.857. The van der Waals surface area contributed by atoms with Crippen LogP contribution in [0.25, 0.3) is 0 Å². The maximum atomic E-state index is 11.5. The molecule has 0 saturated carbocycles. The van der Waals surface area contributed by atoms with Crippen molar-refractivity contribution in [2.45, 2.75) is 13.3 Å². The summed E-state index contributed by atoms with van der Waals surface area (Å²) in [7, 11) is 0. The Balaban J connectivity index is 3.04. The molecule has 1 amide bonds. The molecule has 0 unspecified atom stereocenters. The number of amides is 1. The zero-order chi connectivity index (χ0) is 8.53. The van der Waals surface area contributed by atoms with Crippen molar-refractivity contribution >= 4 is 5.91 Å². The molecule has 4 heteroatoms. The summed E-state index contributed by atoms with van der Waals surface area (Å²) in [6, 6.07) is 0. The minimum Gasteiger partial charge on any atom is -0.356 e. The molecule has 2 N–H and O–H groups in total. The van der Waals surface area contributed by atoms with Gasteiger partial charge in [0, 0.05) is 26.1 Å². The molecule has 0 aromatic rings. The molecule has 3 nitrogen and oxygen atoms in total. The number of rotatable bonds is 6. The van der Waals surface area contributed by atoms with Crippen LogP contribution in [-0.2, 0) is 4.79 Å². The first-order valence-electron chi connectivity index (χ1n) is 3.84. The van der Waals surface area contributed by atoms with E-state index in [4.69, 9.17) is 0 Å². The van der Waals surface area contributed by atoms with E-state index in [2.05, 4.69) is 10.6 Å². The normalized spacial score (nSPS) is 9.64. The van der Waals surface area contributed by atoms with Gasteiger partial charge in [0.05, 0.1) is 0 Å². The third-order valence-electron chi connectivity index (χ3n) is 1.17. The van der Waals surface area contributed by atoms with E-state index in [0.717, 1.165) is 0 Å². The molecular weight excluding hydrogens is 147 g/mol. The Morgan fingerprint density at radius 1 is 1.45 bits per heavy atom. The molecule has 0 rings (SSSR count). The quantitative estimate of drug-likeness (QED) is 0.543. The van der Waals surface area contributed by atoms with E-state index in [9.17, 15) is 9.18 Å². The lowest BCUT2D eigenvalue weighted by Crippen LogP contribution is -2.28. The first-order chi connectivity index (χ1) is 5.31. The van der Waals surface area contributed by atoms with Crippen LogP contribution in [0.2, 0.25) is 0 Å². The zero-order valence-corrected chi connectivity index (χ0v) is 6.82. The lowest BCUT2D eigenvalue weighted by atomic mass is 10.4. The number of hydrogen-bond donors (Lipinski definition) is 2. The summed E-state index contributed by atoms with van der Waals surface area (Å²) >= 11 is 0. The molecule has 66 valence electrons. The van der Waals surface area contributed by atoms with Gasteiger partial charge in [0.25, 0.3) is 0 Å². The predicted molar refractivity (Wildman–Crippen MR) is 42.1 cm³/mol. The maximum Gasteiger partial charge on any atom is 0.221 e. The summed E-state index contributed by atoms with van der Waals surface area (Å²) in [6.07, 6.45) is 0.424. The second kappa shape index (κ2) is 7.47. The molecule has 0 aromatic heterocycles. The lowest BCUT2D eigenvalue weighted by molar-refractivity contribution is -0.120. The van der Waals surface area contributed by atoms with Crippen molar-refractivity contribution < 1.29 is 9.18 Å². The van der Waals surface area contributed by atoms with Crippen LogP contribution < -0.4 is 10.6 Å². The second-order valence-corrected chi connectivity index (χ2v) is 2.14. The highest BCUT2D eigenvalue weighted by molar-refractivity contribution is 5.75. The summed E-state index contributed by atoms with van der Waals surface area (Å²) in [5.41, 5.74) is 0. The summed E-state index contributed by atoms with van der Waals surface area (Å²) < 4.78 is 11.5. The van der Waals surface area contributed by atoms with Gasteiger partial charge < -0.3 is 10.6 Å². The number of hydrogen-bond acceptors (Lipinski definition) is 2. The average Bonchev–Trinajstić information content (AvgIpc) is 1.99. The lowest BCUT2D eigenvalue weighted by Gasteiger charge is -2.01. The molecule has 0 saturated heterocycles. The molecule has 0 atom stereocenters. The van der Waals surface area contributed by atoms with Crippen molar-refractivity contribution in [1.29, 1.82) is 0 Å². The number of carbonyl (C=O) groups is 1. The topological polar surface area (TPSA) is 41.1 Å². The van der Waals surface area contributed by atoms with Crippen molar-refractivity contribution in [3.8, 4) is 0 Å². The van der Waals surface area contributed by atoms with E-state index >= 15 is 0 Å². The summed E-state index contributed by atoms with van der Waals surface area (Å²) in [6.45, 7) is 3.03. The van der Waals surface area contributed by atoms with Crippen LogP contribution in [0.4, 0.5) is 4.39 Å². The zero-order valence-electron chi connectivity index (χ0n) is 6.82. The minimum absolute atomic E-state index is 0.0128. The Kier molecular flexibility index (Phi) is 7.03. The smallest absolute Gasteiger partial charge is 0.221 e. The van der Waals surface area contributed by atoms with Crippen molar-refractivity contribution in [1.82, 2.24) is 10.6 Å². The van der Waals surface area contributed by atoms with Crippen LogP contribution >= 0.6 is 0 Å². The van der Waals surface area contributed by atoms with Crippen LogP contribution in [-0.4, -0.2) is 32.2 Å². The number of halogens is 1. The van der Waals surface area contributed by atoms with Crippen LogP contribution in [0.5, 0.6) is 0 Å². The largest absolute Gasteiger partial charge is 0.356 e. The highest BCUT2D eigenvalue weighted by atomic mass is 19.1. The van der Waals surface area contributed by atoms with E-state index in [1.807, 2.05) is 6.92 Å². The summed E-state index contributed by atoms with van der Waals surface area (Å²) in [5.74, 6) is 0.0128. The Hall–Kier alpha value is -0.640. The highest BCUT2D eigenvalue weighted by Gasteiger charge is 1.96. The van der Waals surface area contributed by atoms with Crippen molar-refractivity contribution in [3.05, 3.63) is 0 Å². The standard InChI is InChI=1S/C7H15FN2O/c1-2-10-7(11)3-5-9-6-4-8/h9H,2-6H2,1H3,(H,10,11). The van der Waals surface area contributed by atoms with Gasteiger partial charge in [-0.3, -0.25) is 4.79 Å². The third-order valence-corrected chi connectivity index (χ3v) is 1.17. The first-order valence-corrected chi connectivity index (χ1v) is 3.84. The van der Waals surface area contributed by atoms with E-state index in [1.165, 1.54) is 0 Å². The van der Waals surface area contributed by atoms with E-state index < -0.39 is 0 Å². The average molecular weight is 162 g/mol. The molecule has 0 aromatic carbocycles. The molecule has 0 aliphatic carbocycles. The van der Waals surface area contributed by atoms with Crippen molar-refractivity contribution in [3.63, 3.8) is 0 Å². The molecule has 0 heterocycles. The number of nitrogens with one attached hydrogen (secondary N) is 2. The predicted octanol–water partition coefficient (Wildman–Crippen LogP) is 0.0717. The van der Waals surface area contributed by atoms with E-state index in [1.54, 1.807) is 0 Å². The molecule has 0 fully saturated rings. The monoisotopic (exact) mass is 162 g/mol. The molecule has 0 radical (unpaired) electrons. The Morgan fingerprint density at radius 2 is 2.18 bits per heavy atom. The van der Waals surface area contributed by atoms with Crippen LogP contribution in [0.15, 0.2) is 0 Å². The fourth-order valence-electron chi connectivity index (χ4n) is 0.679. The van der Waals surface area contributed by atoms with Gasteiger partial charge in [-0.1, -0.05) is 0 Å². The summed E-state index contributed by atoms with van der Waals surface area (Å²) in [5, 5.41) is 5.44. The molecular formula is C7H15FN2O. The van der Waals surface area contributed by atoms with Gasteiger partial charge in [-0.2, -0.15) is 0 Å². The van der Waals surface area contributed by atoms with Gasteiger partial charge in [-0.05, 0) is 6.92 Å². The third kappa shape index (κ3) is 7.25. The van der Waals surface area contributed by atoms with Crippen molar-refractivity contribution in [2.75, 3.05) is 26.3 Å². The number of alkyl halides is 1. The fourth-order valence-corrected chi connectivity index (χ4v) is 0.679. The van der Waals surface area contributed by atoms with Gasteiger partial charge in [0.2, 0.25) is 5.91 Å². The molecule has 0 bridgehead atoms. The van der Waals surface area contributed by atoms with Gasteiger partial charge in [-0.15, -0.1) is 0 Å². The van der Waals surface area contributed by atoms with Crippen LogP contribution in [0.1, 0.15) is 13.3 Å². The number of carbonyl (C=O) groups excluding carboxylic acids is 1. The molecule has 0 aliphatic heterocycles. The Morgan fingerprint density at radius 3 is 2.73 bits per heavy atom.